The van der Waals surface area contributed by atoms with E-state index in [0.717, 1.165) is 9.80 Å². The molecular weight excluding hydrogens is 640 g/mol. The van der Waals surface area contributed by atoms with Crippen LogP contribution in [0.2, 0.25) is 0 Å². The van der Waals surface area contributed by atoms with Crippen LogP contribution in [0.4, 0.5) is 0 Å². The van der Waals surface area contributed by atoms with Crippen LogP contribution in [0.25, 0.3) is 0 Å². The molecule has 1 rings (SSSR count). The van der Waals surface area contributed by atoms with Gasteiger partial charge in [-0.3, -0.25) is 24.1 Å². The van der Waals surface area contributed by atoms with Gasteiger partial charge in [0.05, 0.1) is 0 Å². The van der Waals surface area contributed by atoms with E-state index in [1.54, 1.807) is 25.8 Å². The molecule has 15 heteroatoms. The van der Waals surface area contributed by atoms with Gasteiger partial charge in [-0.05, 0) is 58.4 Å². The van der Waals surface area contributed by atoms with Crippen molar-refractivity contribution < 1.29 is 52.5 Å². The highest BCUT2D eigenvalue weighted by Gasteiger charge is 2.38. The summed E-state index contributed by atoms with van der Waals surface area (Å²) in [6.45, 7) is 13.0. The van der Waals surface area contributed by atoms with Crippen molar-refractivity contribution in [1.29, 1.82) is 0 Å². The molecule has 1 aliphatic heterocycles. The summed E-state index contributed by atoms with van der Waals surface area (Å²) < 4.78 is 21.9. The van der Waals surface area contributed by atoms with Crippen LogP contribution in [0.1, 0.15) is 81.1 Å². The van der Waals surface area contributed by atoms with Crippen LogP contribution in [-0.4, -0.2) is 146 Å². The fraction of sp³-hybridized carbons (Fsp3) is 0.794. The zero-order chi connectivity index (χ0) is 37.7. The summed E-state index contributed by atoms with van der Waals surface area (Å²) in [5.41, 5.74) is 0. The number of hydrogen-bond donors (Lipinski definition) is 0. The molecule has 1 saturated heterocycles. The molecule has 1 heterocycles. The van der Waals surface area contributed by atoms with Crippen molar-refractivity contribution in [3.8, 4) is 0 Å². The maximum atomic E-state index is 13.5. The Hall–Kier alpha value is -3.75. The molecule has 0 aromatic rings. The number of nitrogens with zero attached hydrogens (tertiary/aromatic N) is 4. The number of likely N-dealkylation sites (N-methyl/N-ethyl adjacent to an activating group) is 4. The van der Waals surface area contributed by atoms with Gasteiger partial charge in [-0.25, -0.2) is 14.4 Å². The second-order valence-electron chi connectivity index (χ2n) is 13.5. The summed E-state index contributed by atoms with van der Waals surface area (Å²) in [7, 11) is 5.82. The zero-order valence-electron chi connectivity index (χ0n) is 31.3. The number of ether oxygens (including phenoxy) is 4. The smallest absolute Gasteiger partial charge is 0.329 e. The van der Waals surface area contributed by atoms with Gasteiger partial charge < -0.3 is 33.6 Å². The van der Waals surface area contributed by atoms with E-state index in [4.69, 9.17) is 18.9 Å². The van der Waals surface area contributed by atoms with Crippen LogP contribution in [0, 0.1) is 11.8 Å². The lowest BCUT2D eigenvalue weighted by molar-refractivity contribution is -0.172. The first kappa shape index (κ1) is 43.3. The van der Waals surface area contributed by atoms with E-state index in [9.17, 15) is 33.6 Å². The Kier molecular flexibility index (Phi) is 17.7. The van der Waals surface area contributed by atoms with Gasteiger partial charge in [0.1, 0.15) is 30.8 Å². The molecule has 1 aliphatic rings. The number of carbonyl (C=O) groups is 7. The normalized spacial score (nSPS) is 27.6. The molecule has 3 amide bonds. The first-order valence-electron chi connectivity index (χ1n) is 17.0. The predicted molar refractivity (Wildman–Crippen MR) is 179 cm³/mol. The quantitative estimate of drug-likeness (QED) is 0.291. The molecule has 0 aromatic heterocycles. The van der Waals surface area contributed by atoms with E-state index in [0.29, 0.717) is 6.42 Å². The number of esters is 4. The van der Waals surface area contributed by atoms with Crippen molar-refractivity contribution >= 4 is 41.6 Å². The van der Waals surface area contributed by atoms with Crippen LogP contribution in [-0.2, 0) is 52.5 Å². The molecule has 0 radical (unpaired) electrons. The van der Waals surface area contributed by atoms with Gasteiger partial charge in [-0.15, -0.1) is 0 Å². The van der Waals surface area contributed by atoms with E-state index in [1.165, 1.54) is 39.9 Å². The van der Waals surface area contributed by atoms with Gasteiger partial charge in [-0.1, -0.05) is 41.5 Å². The SMILES string of the molecule is CCC1C(=O)OCC(=O)N(C)C(CC)C(=O)OC(C)C(=O)N(C)C(CC(C)C)C(=O)OC(C)C(=O)N(C)C(CC(C)C)C(=O)OCCN1C. The molecule has 0 N–H and O–H groups in total. The largest absolute Gasteiger partial charge is 0.463 e. The van der Waals surface area contributed by atoms with Gasteiger partial charge in [0.15, 0.2) is 18.8 Å². The fourth-order valence-corrected chi connectivity index (χ4v) is 5.51. The molecule has 0 saturated carbocycles. The minimum absolute atomic E-state index is 0.0000473. The van der Waals surface area contributed by atoms with Crippen molar-refractivity contribution in [2.24, 2.45) is 11.8 Å². The van der Waals surface area contributed by atoms with Crippen LogP contribution in [0.15, 0.2) is 0 Å². The van der Waals surface area contributed by atoms with E-state index in [1.807, 2.05) is 27.7 Å². The lowest BCUT2D eigenvalue weighted by atomic mass is 10.0. The highest BCUT2D eigenvalue weighted by atomic mass is 16.6. The van der Waals surface area contributed by atoms with Gasteiger partial charge in [0, 0.05) is 27.7 Å². The number of hydrogen-bond acceptors (Lipinski definition) is 12. The number of cyclic esters (lactones) is 4. The van der Waals surface area contributed by atoms with Crippen molar-refractivity contribution in [1.82, 2.24) is 19.6 Å². The standard InChI is InChI=1S/C34H58N4O11/c1-13-24-31(42)47-19-28(39)36(10)25(14-2)33(44)48-22(7)30(41)38(12)27(18-21(5)6)34(45)49-23(8)29(40)37(11)26(17-20(3)4)32(43)46-16-15-35(24)9/h20-27H,13-19H2,1-12H3. The van der Waals surface area contributed by atoms with E-state index >= 15 is 0 Å². The summed E-state index contributed by atoms with van der Waals surface area (Å²) >= 11 is 0. The third-order valence-corrected chi connectivity index (χ3v) is 8.58. The highest BCUT2D eigenvalue weighted by Crippen LogP contribution is 2.19. The fourth-order valence-electron chi connectivity index (χ4n) is 5.51. The third kappa shape index (κ3) is 12.6. The molecule has 49 heavy (non-hydrogen) atoms. The van der Waals surface area contributed by atoms with Crippen molar-refractivity contribution in [3.63, 3.8) is 0 Å². The summed E-state index contributed by atoms with van der Waals surface area (Å²) in [4.78, 5) is 97.8. The summed E-state index contributed by atoms with van der Waals surface area (Å²) in [5.74, 6) is -5.09. The van der Waals surface area contributed by atoms with Gasteiger partial charge in [0.2, 0.25) is 0 Å². The number of rotatable bonds is 6. The Balaban J connectivity index is 3.50. The first-order valence-corrected chi connectivity index (χ1v) is 17.0. The lowest BCUT2D eigenvalue weighted by Crippen LogP contribution is -2.52. The zero-order valence-corrected chi connectivity index (χ0v) is 31.3. The Morgan fingerprint density at radius 2 is 1.00 bits per heavy atom. The van der Waals surface area contributed by atoms with Crippen LogP contribution in [0.3, 0.4) is 0 Å². The Morgan fingerprint density at radius 1 is 0.592 bits per heavy atom. The minimum atomic E-state index is -1.34. The van der Waals surface area contributed by atoms with Gasteiger partial charge in [-0.2, -0.15) is 0 Å². The Labute approximate surface area is 290 Å². The van der Waals surface area contributed by atoms with Crippen molar-refractivity contribution in [3.05, 3.63) is 0 Å². The summed E-state index contributed by atoms with van der Waals surface area (Å²) in [5, 5.41) is 0. The Morgan fingerprint density at radius 3 is 1.43 bits per heavy atom. The maximum absolute atomic E-state index is 13.5. The van der Waals surface area contributed by atoms with E-state index in [2.05, 4.69) is 0 Å². The molecule has 1 fully saturated rings. The van der Waals surface area contributed by atoms with Crippen LogP contribution in [0.5, 0.6) is 0 Å². The highest BCUT2D eigenvalue weighted by molar-refractivity contribution is 5.92. The average Bonchev–Trinajstić information content (AvgIpc) is 3.03. The summed E-state index contributed by atoms with van der Waals surface area (Å²) in [6, 6.07) is -3.96. The second-order valence-corrected chi connectivity index (χ2v) is 13.5. The second kappa shape index (κ2) is 20.1. The van der Waals surface area contributed by atoms with Crippen molar-refractivity contribution in [2.75, 3.05) is 47.9 Å². The predicted octanol–water partition coefficient (Wildman–Crippen LogP) is 1.64. The summed E-state index contributed by atoms with van der Waals surface area (Å²) in [6.07, 6.45) is -1.71. The maximum Gasteiger partial charge on any atom is 0.329 e. The number of carbonyl (C=O) groups excluding carboxylic acids is 7. The molecule has 15 nitrogen and oxygen atoms in total. The molecule has 6 atom stereocenters. The molecular formula is C34H58N4O11. The minimum Gasteiger partial charge on any atom is -0.463 e. The molecule has 0 aromatic carbocycles. The molecule has 6 unspecified atom stereocenters. The lowest BCUT2D eigenvalue weighted by Gasteiger charge is -2.33. The van der Waals surface area contributed by atoms with Crippen molar-refractivity contribution in [2.45, 2.75) is 117 Å². The van der Waals surface area contributed by atoms with E-state index in [-0.39, 0.29) is 44.2 Å². The first-order chi connectivity index (χ1) is 22.8. The Bertz CT molecular complexity index is 1180. The van der Waals surface area contributed by atoms with Gasteiger partial charge >= 0.3 is 23.9 Å². The number of amides is 3. The molecule has 280 valence electrons. The molecule has 0 bridgehead atoms. The van der Waals surface area contributed by atoms with Crippen LogP contribution >= 0.6 is 0 Å². The average molecular weight is 699 g/mol. The topological polar surface area (TPSA) is 169 Å². The van der Waals surface area contributed by atoms with Gasteiger partial charge in [0.25, 0.3) is 17.7 Å². The third-order valence-electron chi connectivity index (χ3n) is 8.58. The molecule has 0 spiro atoms. The monoisotopic (exact) mass is 698 g/mol. The van der Waals surface area contributed by atoms with E-state index < -0.39 is 84.6 Å². The van der Waals surface area contributed by atoms with Crippen LogP contribution < -0.4 is 0 Å². The molecule has 0 aliphatic carbocycles.